The van der Waals surface area contributed by atoms with Crippen molar-refractivity contribution in [2.75, 3.05) is 39.8 Å². The van der Waals surface area contributed by atoms with Crippen LogP contribution in [0.1, 0.15) is 56.2 Å². The summed E-state index contributed by atoms with van der Waals surface area (Å²) in [6.45, 7) is 9.61. The third-order valence-corrected chi connectivity index (χ3v) is 5.93. The number of aryl methyl sites for hydroxylation is 1. The van der Waals surface area contributed by atoms with Gasteiger partial charge in [0.25, 0.3) is 5.91 Å². The predicted octanol–water partition coefficient (Wildman–Crippen LogP) is 2.95. The highest BCUT2D eigenvalue weighted by molar-refractivity contribution is 5.92. The molecule has 30 heavy (non-hydrogen) atoms. The van der Waals surface area contributed by atoms with Gasteiger partial charge in [-0.25, -0.2) is 9.78 Å². The third kappa shape index (κ3) is 6.17. The van der Waals surface area contributed by atoms with Crippen molar-refractivity contribution in [1.82, 2.24) is 20.1 Å². The van der Waals surface area contributed by atoms with E-state index in [1.807, 2.05) is 44.9 Å². The highest BCUT2D eigenvalue weighted by Crippen LogP contribution is 2.27. The molecule has 1 atom stereocenters. The van der Waals surface area contributed by atoms with E-state index < -0.39 is 5.60 Å². The van der Waals surface area contributed by atoms with Gasteiger partial charge in [0, 0.05) is 32.4 Å². The van der Waals surface area contributed by atoms with Crippen LogP contribution in [0.3, 0.4) is 0 Å². The molecule has 2 aliphatic heterocycles. The number of amides is 2. The van der Waals surface area contributed by atoms with Crippen molar-refractivity contribution in [3.05, 3.63) is 29.6 Å². The van der Waals surface area contributed by atoms with Gasteiger partial charge in [-0.15, -0.1) is 0 Å². The van der Waals surface area contributed by atoms with Gasteiger partial charge in [0.15, 0.2) is 0 Å². The van der Waals surface area contributed by atoms with Crippen molar-refractivity contribution in [3.8, 4) is 0 Å². The molecular weight excluding hydrogens is 380 g/mol. The second-order valence-electron chi connectivity index (χ2n) is 9.57. The van der Waals surface area contributed by atoms with E-state index in [1.165, 1.54) is 0 Å². The highest BCUT2D eigenvalue weighted by Gasteiger charge is 2.32. The smallest absolute Gasteiger partial charge is 0.410 e. The molecule has 0 saturated carbocycles. The fraction of sp³-hybridized carbons (Fsp3) is 0.696. The van der Waals surface area contributed by atoms with Gasteiger partial charge in [-0.3, -0.25) is 4.79 Å². The lowest BCUT2D eigenvalue weighted by Gasteiger charge is -2.38. The average Bonchev–Trinajstić information content (AvgIpc) is 2.70. The number of hydrogen-bond acceptors (Lipinski definition) is 5. The van der Waals surface area contributed by atoms with Crippen LogP contribution in [0, 0.1) is 11.8 Å². The third-order valence-electron chi connectivity index (χ3n) is 5.93. The quantitative estimate of drug-likeness (QED) is 0.762. The van der Waals surface area contributed by atoms with E-state index in [1.54, 1.807) is 11.0 Å². The molecule has 2 bridgehead atoms. The summed E-state index contributed by atoms with van der Waals surface area (Å²) in [4.78, 5) is 33.4. The van der Waals surface area contributed by atoms with E-state index >= 15 is 0 Å². The van der Waals surface area contributed by atoms with E-state index in [4.69, 9.17) is 4.74 Å². The topological polar surface area (TPSA) is 74.8 Å². The molecule has 3 heterocycles. The van der Waals surface area contributed by atoms with Gasteiger partial charge >= 0.3 is 6.09 Å². The first kappa shape index (κ1) is 22.5. The molecule has 0 radical (unpaired) electrons. The maximum atomic E-state index is 12.9. The normalized spacial score (nSPS) is 22.3. The summed E-state index contributed by atoms with van der Waals surface area (Å²) >= 11 is 0. The molecule has 0 spiro atoms. The van der Waals surface area contributed by atoms with Gasteiger partial charge < -0.3 is 19.9 Å². The first-order chi connectivity index (χ1) is 14.2. The lowest BCUT2D eigenvalue weighted by Crippen LogP contribution is -2.46. The number of carbonyl (C=O) groups excluding carboxylic acids is 2. The predicted molar refractivity (Wildman–Crippen MR) is 116 cm³/mol. The Labute approximate surface area is 180 Å². The van der Waals surface area contributed by atoms with E-state index in [-0.39, 0.29) is 12.0 Å². The summed E-state index contributed by atoms with van der Waals surface area (Å²) in [6, 6.07) is 5.72. The van der Waals surface area contributed by atoms with Crippen LogP contribution in [0.4, 0.5) is 4.79 Å². The second-order valence-corrected chi connectivity index (χ2v) is 9.57. The lowest BCUT2D eigenvalue weighted by atomic mass is 9.83. The molecule has 166 valence electrons. The zero-order chi connectivity index (χ0) is 21.7. The number of hydrogen-bond donors (Lipinski definition) is 1. The van der Waals surface area contributed by atoms with Gasteiger partial charge in [-0.05, 0) is 83.5 Å². The summed E-state index contributed by atoms with van der Waals surface area (Å²) in [7, 11) is 1.87. The minimum atomic E-state index is -0.472. The van der Waals surface area contributed by atoms with Crippen molar-refractivity contribution in [3.63, 3.8) is 0 Å². The number of likely N-dealkylation sites (tertiary alicyclic amines) is 1. The molecule has 1 unspecified atom stereocenters. The Morgan fingerprint density at radius 1 is 1.20 bits per heavy atom. The lowest BCUT2D eigenvalue weighted by molar-refractivity contribution is 0.0152. The van der Waals surface area contributed by atoms with Crippen LogP contribution in [0.15, 0.2) is 18.2 Å². The first-order valence-corrected chi connectivity index (χ1v) is 11.1. The Bertz CT molecular complexity index is 738. The Hall–Kier alpha value is -2.15. The molecule has 2 aliphatic rings. The molecule has 3 rings (SSSR count). The summed E-state index contributed by atoms with van der Waals surface area (Å²) in [5.41, 5.74) is 1.03. The highest BCUT2D eigenvalue weighted by atomic mass is 16.6. The van der Waals surface area contributed by atoms with Crippen LogP contribution in [-0.2, 0) is 11.2 Å². The fourth-order valence-corrected chi connectivity index (χ4v) is 4.31. The van der Waals surface area contributed by atoms with Crippen LogP contribution in [-0.4, -0.2) is 72.2 Å². The Morgan fingerprint density at radius 3 is 2.63 bits per heavy atom. The largest absolute Gasteiger partial charge is 0.444 e. The molecule has 1 fully saturated rings. The van der Waals surface area contributed by atoms with E-state index in [0.717, 1.165) is 44.5 Å². The molecule has 7 nitrogen and oxygen atoms in total. The maximum Gasteiger partial charge on any atom is 0.410 e. The van der Waals surface area contributed by atoms with Crippen LogP contribution < -0.4 is 5.32 Å². The van der Waals surface area contributed by atoms with Crippen molar-refractivity contribution in [1.29, 1.82) is 0 Å². The monoisotopic (exact) mass is 416 g/mol. The van der Waals surface area contributed by atoms with Gasteiger partial charge in [0.1, 0.15) is 11.3 Å². The summed E-state index contributed by atoms with van der Waals surface area (Å²) in [5.74, 6) is 0.796. The molecule has 2 amide bonds. The van der Waals surface area contributed by atoms with Crippen molar-refractivity contribution >= 4 is 12.0 Å². The summed E-state index contributed by atoms with van der Waals surface area (Å²) in [6.07, 6.45) is 3.51. The van der Waals surface area contributed by atoms with Crippen LogP contribution in [0.5, 0.6) is 0 Å². The number of pyridine rings is 1. The maximum absolute atomic E-state index is 12.9. The first-order valence-electron chi connectivity index (χ1n) is 11.1. The number of piperidine rings is 1. The summed E-state index contributed by atoms with van der Waals surface area (Å²) in [5, 5.41) is 3.59. The zero-order valence-corrected chi connectivity index (χ0v) is 18.8. The molecule has 1 N–H and O–H groups in total. The Kier molecular flexibility index (Phi) is 7.34. The fourth-order valence-electron chi connectivity index (χ4n) is 4.31. The van der Waals surface area contributed by atoms with Gasteiger partial charge in [-0.2, -0.15) is 0 Å². The molecule has 1 aromatic rings. The van der Waals surface area contributed by atoms with Gasteiger partial charge in [0.05, 0.1) is 0 Å². The van der Waals surface area contributed by atoms with E-state index in [2.05, 4.69) is 10.3 Å². The Balaban J connectivity index is 1.63. The number of rotatable bonds is 1. The van der Waals surface area contributed by atoms with Crippen molar-refractivity contribution in [2.24, 2.45) is 11.8 Å². The molecule has 0 aliphatic carbocycles. The van der Waals surface area contributed by atoms with Crippen LogP contribution in [0.25, 0.3) is 0 Å². The molecule has 7 heteroatoms. The van der Waals surface area contributed by atoms with E-state index in [0.29, 0.717) is 37.2 Å². The number of ether oxygens (including phenoxy) is 1. The van der Waals surface area contributed by atoms with Crippen molar-refractivity contribution < 1.29 is 14.3 Å². The van der Waals surface area contributed by atoms with Crippen LogP contribution in [0.2, 0.25) is 0 Å². The molecular formula is C23H36N4O3. The summed E-state index contributed by atoms with van der Waals surface area (Å²) < 4.78 is 5.52. The van der Waals surface area contributed by atoms with Crippen LogP contribution >= 0.6 is 0 Å². The molecule has 1 saturated heterocycles. The molecule has 1 aromatic heterocycles. The standard InChI is InChI=1S/C23H36N4O3/c1-23(2,3)30-22(29)27-13-10-17(11-14-27)18-15-24-12-6-8-19-7-5-9-20(25-19)21(28)26(4)16-18/h5,7,9,17-18,24H,6,8,10-16H2,1-4H3. The number of fused-ring (bicyclic) bond motifs is 2. The number of carbonyl (C=O) groups is 2. The minimum absolute atomic E-state index is 0.0198. The van der Waals surface area contributed by atoms with Gasteiger partial charge in [0.2, 0.25) is 0 Å². The zero-order valence-electron chi connectivity index (χ0n) is 18.8. The minimum Gasteiger partial charge on any atom is -0.444 e. The number of nitrogens with one attached hydrogen (secondary N) is 1. The SMILES string of the molecule is CN1CC(C2CCN(C(=O)OC(C)(C)C)CC2)CNCCCc2cccc(n2)C1=O. The van der Waals surface area contributed by atoms with E-state index in [9.17, 15) is 9.59 Å². The average molecular weight is 417 g/mol. The number of aromatic nitrogens is 1. The Morgan fingerprint density at radius 2 is 1.93 bits per heavy atom. The number of nitrogens with zero attached hydrogens (tertiary/aromatic N) is 3. The van der Waals surface area contributed by atoms with Gasteiger partial charge in [-0.1, -0.05) is 6.07 Å². The van der Waals surface area contributed by atoms with Crippen molar-refractivity contribution in [2.45, 2.75) is 52.1 Å². The molecule has 0 aromatic carbocycles. The second kappa shape index (κ2) is 9.77.